The van der Waals surface area contributed by atoms with Gasteiger partial charge in [0.25, 0.3) is 0 Å². The van der Waals surface area contributed by atoms with E-state index in [-0.39, 0.29) is 12.6 Å². The molecule has 2 N–H and O–H groups in total. The van der Waals surface area contributed by atoms with Crippen LogP contribution in [0.5, 0.6) is 0 Å². The summed E-state index contributed by atoms with van der Waals surface area (Å²) in [5.41, 5.74) is 1.01. The summed E-state index contributed by atoms with van der Waals surface area (Å²) in [5, 5.41) is 11.7. The molecule has 0 saturated heterocycles. The molecule has 1 rings (SSSR count). The Bertz CT molecular complexity index is 213. The molecule has 0 aromatic carbocycles. The second-order valence-electron chi connectivity index (χ2n) is 2.65. The first-order valence-corrected chi connectivity index (χ1v) is 4.09. The minimum Gasteiger partial charge on any atom is -0.395 e. The van der Waals surface area contributed by atoms with Crippen LogP contribution < -0.4 is 5.32 Å². The highest BCUT2D eigenvalue weighted by Crippen LogP contribution is 2.06. The molecule has 3 heteroatoms. The molecule has 3 nitrogen and oxygen atoms in total. The average Bonchev–Trinajstić information content (AvgIpc) is 2.15. The van der Waals surface area contributed by atoms with Crippen molar-refractivity contribution in [3.05, 3.63) is 30.1 Å². The lowest BCUT2D eigenvalue weighted by Gasteiger charge is -2.11. The van der Waals surface area contributed by atoms with Crippen molar-refractivity contribution in [2.45, 2.75) is 13.0 Å². The molecule has 0 aliphatic heterocycles. The monoisotopic (exact) mass is 166 g/mol. The molecular formula is C9H14N2O. The maximum atomic E-state index is 8.58. The van der Waals surface area contributed by atoms with Crippen molar-refractivity contribution < 1.29 is 5.11 Å². The molecule has 0 radical (unpaired) electrons. The van der Waals surface area contributed by atoms with E-state index in [1.807, 2.05) is 25.1 Å². The molecule has 1 atom stereocenters. The van der Waals surface area contributed by atoms with Crippen LogP contribution in [-0.4, -0.2) is 23.2 Å². The van der Waals surface area contributed by atoms with Gasteiger partial charge in [0.1, 0.15) is 0 Å². The third kappa shape index (κ3) is 2.60. The van der Waals surface area contributed by atoms with Gasteiger partial charge in [-0.15, -0.1) is 0 Å². The fraction of sp³-hybridized carbons (Fsp3) is 0.444. The SMILES string of the molecule is C[C@H](NCCO)c1ccccn1. The van der Waals surface area contributed by atoms with Gasteiger partial charge in [-0.25, -0.2) is 0 Å². The molecule has 0 bridgehead atoms. The van der Waals surface area contributed by atoms with E-state index in [1.54, 1.807) is 6.20 Å². The van der Waals surface area contributed by atoms with Crippen LogP contribution in [0, 0.1) is 0 Å². The number of hydrogen-bond acceptors (Lipinski definition) is 3. The highest BCUT2D eigenvalue weighted by Gasteiger charge is 2.02. The molecule has 0 amide bonds. The average molecular weight is 166 g/mol. The smallest absolute Gasteiger partial charge is 0.0570 e. The Balaban J connectivity index is 2.48. The van der Waals surface area contributed by atoms with Crippen molar-refractivity contribution in [3.63, 3.8) is 0 Å². The van der Waals surface area contributed by atoms with Crippen LogP contribution in [0.15, 0.2) is 24.4 Å². The first-order valence-electron chi connectivity index (χ1n) is 4.09. The Hall–Kier alpha value is -0.930. The zero-order chi connectivity index (χ0) is 8.81. The molecule has 0 spiro atoms. The Morgan fingerprint density at radius 3 is 3.00 bits per heavy atom. The van der Waals surface area contributed by atoms with E-state index in [2.05, 4.69) is 10.3 Å². The molecule has 12 heavy (non-hydrogen) atoms. The van der Waals surface area contributed by atoms with Crippen molar-refractivity contribution in [3.8, 4) is 0 Å². The summed E-state index contributed by atoms with van der Waals surface area (Å²) in [7, 11) is 0. The molecule has 1 aromatic heterocycles. The van der Waals surface area contributed by atoms with Crippen molar-refractivity contribution >= 4 is 0 Å². The molecule has 66 valence electrons. The maximum Gasteiger partial charge on any atom is 0.0570 e. The Morgan fingerprint density at radius 1 is 1.58 bits per heavy atom. The summed E-state index contributed by atoms with van der Waals surface area (Å²) in [6, 6.07) is 6.02. The van der Waals surface area contributed by atoms with Crippen LogP contribution in [0.4, 0.5) is 0 Å². The summed E-state index contributed by atoms with van der Waals surface area (Å²) >= 11 is 0. The van der Waals surface area contributed by atoms with E-state index in [9.17, 15) is 0 Å². The molecule has 1 aromatic rings. The van der Waals surface area contributed by atoms with Crippen LogP contribution in [0.3, 0.4) is 0 Å². The van der Waals surface area contributed by atoms with Crippen LogP contribution >= 0.6 is 0 Å². The van der Waals surface area contributed by atoms with Crippen molar-refractivity contribution in [1.29, 1.82) is 0 Å². The van der Waals surface area contributed by atoms with Gasteiger partial charge in [0.2, 0.25) is 0 Å². The zero-order valence-electron chi connectivity index (χ0n) is 7.20. The van der Waals surface area contributed by atoms with Crippen LogP contribution in [0.1, 0.15) is 18.7 Å². The van der Waals surface area contributed by atoms with Gasteiger partial charge in [-0.2, -0.15) is 0 Å². The molecule has 0 aliphatic rings. The van der Waals surface area contributed by atoms with Gasteiger partial charge in [-0.05, 0) is 19.1 Å². The predicted molar refractivity (Wildman–Crippen MR) is 47.7 cm³/mol. The largest absolute Gasteiger partial charge is 0.395 e. The van der Waals surface area contributed by atoms with E-state index < -0.39 is 0 Å². The third-order valence-corrected chi connectivity index (χ3v) is 1.69. The van der Waals surface area contributed by atoms with Crippen molar-refractivity contribution in [2.24, 2.45) is 0 Å². The van der Waals surface area contributed by atoms with Crippen LogP contribution in [0.25, 0.3) is 0 Å². The number of aromatic nitrogens is 1. The highest BCUT2D eigenvalue weighted by molar-refractivity contribution is 5.07. The minimum absolute atomic E-state index is 0.164. The lowest BCUT2D eigenvalue weighted by molar-refractivity contribution is 0.286. The Labute approximate surface area is 72.5 Å². The standard InChI is InChI=1S/C9H14N2O/c1-8(10-6-7-12)9-4-2-3-5-11-9/h2-5,8,10,12H,6-7H2,1H3/t8-/m0/s1. The number of pyridine rings is 1. The lowest BCUT2D eigenvalue weighted by Crippen LogP contribution is -2.22. The lowest BCUT2D eigenvalue weighted by atomic mass is 10.2. The summed E-state index contributed by atoms with van der Waals surface area (Å²) in [6.07, 6.45) is 1.77. The van der Waals surface area contributed by atoms with Crippen molar-refractivity contribution in [1.82, 2.24) is 10.3 Å². The van der Waals surface area contributed by atoms with Crippen molar-refractivity contribution in [2.75, 3.05) is 13.2 Å². The van der Waals surface area contributed by atoms with Gasteiger partial charge in [-0.1, -0.05) is 6.07 Å². The predicted octanol–water partition coefficient (Wildman–Crippen LogP) is 0.724. The van der Waals surface area contributed by atoms with E-state index in [4.69, 9.17) is 5.11 Å². The van der Waals surface area contributed by atoms with Gasteiger partial charge < -0.3 is 10.4 Å². The second kappa shape index (κ2) is 4.85. The molecule has 0 fully saturated rings. The minimum atomic E-state index is 0.164. The summed E-state index contributed by atoms with van der Waals surface area (Å²) < 4.78 is 0. The normalized spacial score (nSPS) is 12.8. The quantitative estimate of drug-likeness (QED) is 0.693. The molecular weight excluding hydrogens is 152 g/mol. The van der Waals surface area contributed by atoms with Gasteiger partial charge in [-0.3, -0.25) is 4.98 Å². The number of nitrogens with zero attached hydrogens (tertiary/aromatic N) is 1. The Kier molecular flexibility index (Phi) is 3.70. The zero-order valence-corrected chi connectivity index (χ0v) is 7.20. The summed E-state index contributed by atoms with van der Waals surface area (Å²) in [5.74, 6) is 0. The van der Waals surface area contributed by atoms with Gasteiger partial charge >= 0.3 is 0 Å². The van der Waals surface area contributed by atoms with Crippen LogP contribution in [0.2, 0.25) is 0 Å². The van der Waals surface area contributed by atoms with E-state index in [1.165, 1.54) is 0 Å². The fourth-order valence-electron chi connectivity index (χ4n) is 1.02. The number of hydrogen-bond donors (Lipinski definition) is 2. The highest BCUT2D eigenvalue weighted by atomic mass is 16.3. The van der Waals surface area contributed by atoms with E-state index >= 15 is 0 Å². The van der Waals surface area contributed by atoms with Crippen LogP contribution in [-0.2, 0) is 0 Å². The summed E-state index contributed by atoms with van der Waals surface area (Å²) in [6.45, 7) is 2.80. The first-order chi connectivity index (χ1) is 5.84. The Morgan fingerprint density at radius 2 is 2.42 bits per heavy atom. The maximum absolute atomic E-state index is 8.58. The number of rotatable bonds is 4. The molecule has 1 heterocycles. The van der Waals surface area contributed by atoms with E-state index in [0.29, 0.717) is 6.54 Å². The topological polar surface area (TPSA) is 45.1 Å². The van der Waals surface area contributed by atoms with Gasteiger partial charge in [0, 0.05) is 18.8 Å². The van der Waals surface area contributed by atoms with Gasteiger partial charge in [0.15, 0.2) is 0 Å². The molecule has 0 aliphatic carbocycles. The van der Waals surface area contributed by atoms with Gasteiger partial charge in [0.05, 0.1) is 12.3 Å². The van der Waals surface area contributed by atoms with E-state index in [0.717, 1.165) is 5.69 Å². The summed E-state index contributed by atoms with van der Waals surface area (Å²) in [4.78, 5) is 4.19. The number of aliphatic hydroxyl groups excluding tert-OH is 1. The third-order valence-electron chi connectivity index (χ3n) is 1.69. The number of aliphatic hydroxyl groups is 1. The second-order valence-corrected chi connectivity index (χ2v) is 2.65. The number of nitrogens with one attached hydrogen (secondary N) is 1. The first kappa shape index (κ1) is 9.16. The fourth-order valence-corrected chi connectivity index (χ4v) is 1.02. The molecule has 0 saturated carbocycles. The molecule has 0 unspecified atom stereocenters.